The maximum Gasteiger partial charge on any atom is 0.146 e. The van der Waals surface area contributed by atoms with Gasteiger partial charge in [-0.25, -0.2) is 0 Å². The van der Waals surface area contributed by atoms with E-state index in [2.05, 4.69) is 31.2 Å². The van der Waals surface area contributed by atoms with E-state index in [4.69, 9.17) is 0 Å². The Labute approximate surface area is 127 Å². The number of Topliss-reactive ketones (excluding diaryl/α,β-unsaturated/α-hetero) is 1. The van der Waals surface area contributed by atoms with Gasteiger partial charge in [0.15, 0.2) is 0 Å². The van der Waals surface area contributed by atoms with Crippen LogP contribution < -0.4 is 0 Å². The monoisotopic (exact) mass is 286 g/mol. The van der Waals surface area contributed by atoms with Crippen LogP contribution in [0.2, 0.25) is 0 Å². The molecule has 2 aliphatic rings. The van der Waals surface area contributed by atoms with E-state index in [1.807, 2.05) is 0 Å². The van der Waals surface area contributed by atoms with Crippen molar-refractivity contribution in [1.29, 1.82) is 0 Å². The Hall–Kier alpha value is -1.15. The second-order valence-corrected chi connectivity index (χ2v) is 6.96. The van der Waals surface area contributed by atoms with Gasteiger partial charge in [0.05, 0.1) is 6.10 Å². The van der Waals surface area contributed by atoms with E-state index in [1.165, 1.54) is 11.1 Å². The molecule has 1 aromatic carbocycles. The van der Waals surface area contributed by atoms with Crippen LogP contribution in [0.5, 0.6) is 0 Å². The average molecular weight is 286 g/mol. The first-order chi connectivity index (χ1) is 10.1. The molecule has 1 aromatic rings. The number of aryl methyl sites for hydroxylation is 1. The Morgan fingerprint density at radius 2 is 1.71 bits per heavy atom. The van der Waals surface area contributed by atoms with E-state index >= 15 is 0 Å². The van der Waals surface area contributed by atoms with Crippen molar-refractivity contribution in [2.24, 2.45) is 5.41 Å². The molecule has 1 atom stereocenters. The van der Waals surface area contributed by atoms with Crippen LogP contribution in [-0.2, 0) is 11.2 Å². The van der Waals surface area contributed by atoms with E-state index in [1.54, 1.807) is 0 Å². The Balaban J connectivity index is 1.74. The summed E-state index contributed by atoms with van der Waals surface area (Å²) in [6.45, 7) is 2.19. The van der Waals surface area contributed by atoms with Crippen molar-refractivity contribution < 1.29 is 9.90 Å². The number of ketones is 1. The summed E-state index contributed by atoms with van der Waals surface area (Å²) in [5.41, 5.74) is 2.44. The van der Waals surface area contributed by atoms with Gasteiger partial charge in [0, 0.05) is 11.3 Å². The summed E-state index contributed by atoms with van der Waals surface area (Å²) < 4.78 is 0. The number of rotatable bonds is 3. The lowest BCUT2D eigenvalue weighted by Gasteiger charge is -2.34. The van der Waals surface area contributed by atoms with Gasteiger partial charge in [0.1, 0.15) is 5.78 Å². The molecule has 0 aliphatic heterocycles. The molecule has 0 bridgehead atoms. The van der Waals surface area contributed by atoms with Crippen molar-refractivity contribution in [2.75, 3.05) is 0 Å². The SMILES string of the molecule is CCCc1ccc(C2CC[C@]3(CC[C@H](O)CC3)C2=O)cc1. The van der Waals surface area contributed by atoms with Crippen LogP contribution in [0, 0.1) is 5.41 Å². The normalized spacial score (nSPS) is 32.8. The summed E-state index contributed by atoms with van der Waals surface area (Å²) in [4.78, 5) is 12.9. The number of hydrogen-bond donors (Lipinski definition) is 1. The van der Waals surface area contributed by atoms with Crippen LogP contribution in [0.1, 0.15) is 68.9 Å². The van der Waals surface area contributed by atoms with Gasteiger partial charge in [-0.2, -0.15) is 0 Å². The molecule has 2 nitrogen and oxygen atoms in total. The molecule has 1 unspecified atom stereocenters. The van der Waals surface area contributed by atoms with Crippen LogP contribution in [0.4, 0.5) is 0 Å². The highest BCUT2D eigenvalue weighted by Gasteiger charge is 2.49. The lowest BCUT2D eigenvalue weighted by Crippen LogP contribution is -2.34. The van der Waals surface area contributed by atoms with Crippen molar-refractivity contribution in [2.45, 2.75) is 70.3 Å². The van der Waals surface area contributed by atoms with E-state index in [9.17, 15) is 9.90 Å². The second kappa shape index (κ2) is 5.92. The predicted molar refractivity (Wildman–Crippen MR) is 84.3 cm³/mol. The van der Waals surface area contributed by atoms with E-state index in [0.717, 1.165) is 51.4 Å². The summed E-state index contributed by atoms with van der Waals surface area (Å²) in [5, 5.41) is 9.69. The molecule has 2 saturated carbocycles. The molecule has 2 aliphatic carbocycles. The Kier molecular flexibility index (Phi) is 4.17. The minimum atomic E-state index is -0.184. The fourth-order valence-electron chi connectivity index (χ4n) is 4.22. The van der Waals surface area contributed by atoms with Gasteiger partial charge >= 0.3 is 0 Å². The van der Waals surface area contributed by atoms with Gasteiger partial charge in [-0.1, -0.05) is 37.6 Å². The van der Waals surface area contributed by atoms with Crippen molar-refractivity contribution in [3.63, 3.8) is 0 Å². The smallest absolute Gasteiger partial charge is 0.146 e. The number of aliphatic hydroxyl groups excluding tert-OH is 1. The Morgan fingerprint density at radius 3 is 2.33 bits per heavy atom. The van der Waals surface area contributed by atoms with Gasteiger partial charge < -0.3 is 5.11 Å². The molecule has 2 fully saturated rings. The van der Waals surface area contributed by atoms with E-state index in [-0.39, 0.29) is 17.4 Å². The molecular formula is C19H26O2. The largest absolute Gasteiger partial charge is 0.393 e. The highest BCUT2D eigenvalue weighted by molar-refractivity contribution is 5.93. The van der Waals surface area contributed by atoms with E-state index < -0.39 is 0 Å². The van der Waals surface area contributed by atoms with Crippen LogP contribution in [0.3, 0.4) is 0 Å². The predicted octanol–water partition coefficient (Wildman–Crippen LogP) is 4.01. The van der Waals surface area contributed by atoms with Crippen LogP contribution in [0.15, 0.2) is 24.3 Å². The molecule has 1 N–H and O–H groups in total. The number of aliphatic hydroxyl groups is 1. The fourth-order valence-corrected chi connectivity index (χ4v) is 4.22. The third-order valence-electron chi connectivity index (χ3n) is 5.58. The average Bonchev–Trinajstić information content (AvgIpc) is 2.81. The van der Waals surface area contributed by atoms with Crippen molar-refractivity contribution in [3.05, 3.63) is 35.4 Å². The summed E-state index contributed by atoms with van der Waals surface area (Å²) in [7, 11) is 0. The molecular weight excluding hydrogens is 260 g/mol. The number of hydrogen-bond acceptors (Lipinski definition) is 2. The third kappa shape index (κ3) is 2.78. The fraction of sp³-hybridized carbons (Fsp3) is 0.632. The first-order valence-corrected chi connectivity index (χ1v) is 8.46. The molecule has 1 spiro atoms. The molecule has 114 valence electrons. The topological polar surface area (TPSA) is 37.3 Å². The summed E-state index contributed by atoms with van der Waals surface area (Å²) in [6, 6.07) is 8.68. The zero-order chi connectivity index (χ0) is 14.9. The van der Waals surface area contributed by atoms with E-state index in [0.29, 0.717) is 5.78 Å². The van der Waals surface area contributed by atoms with Gasteiger partial charge in [-0.3, -0.25) is 4.79 Å². The van der Waals surface area contributed by atoms with Crippen LogP contribution in [-0.4, -0.2) is 17.0 Å². The quantitative estimate of drug-likeness (QED) is 0.911. The minimum absolute atomic E-state index is 0.0934. The van der Waals surface area contributed by atoms with Crippen LogP contribution >= 0.6 is 0 Å². The number of carbonyl (C=O) groups is 1. The molecule has 3 rings (SSSR count). The van der Waals surface area contributed by atoms with Crippen molar-refractivity contribution in [3.8, 4) is 0 Å². The first kappa shape index (κ1) is 14.8. The highest BCUT2D eigenvalue weighted by atomic mass is 16.3. The van der Waals surface area contributed by atoms with Gasteiger partial charge in [0.2, 0.25) is 0 Å². The van der Waals surface area contributed by atoms with Gasteiger partial charge in [-0.15, -0.1) is 0 Å². The summed E-state index contributed by atoms with van der Waals surface area (Å²) in [5.74, 6) is 0.536. The van der Waals surface area contributed by atoms with Crippen LogP contribution in [0.25, 0.3) is 0 Å². The Bertz CT molecular complexity index is 495. The maximum atomic E-state index is 12.9. The lowest BCUT2D eigenvalue weighted by molar-refractivity contribution is -0.129. The lowest BCUT2D eigenvalue weighted by atomic mass is 9.70. The first-order valence-electron chi connectivity index (χ1n) is 8.46. The zero-order valence-corrected chi connectivity index (χ0v) is 13.0. The molecule has 0 saturated heterocycles. The molecule has 21 heavy (non-hydrogen) atoms. The van der Waals surface area contributed by atoms with Crippen molar-refractivity contribution in [1.82, 2.24) is 0 Å². The standard InChI is InChI=1S/C19H26O2/c1-2-3-14-4-6-15(7-5-14)17-10-13-19(18(17)21)11-8-16(20)9-12-19/h4-7,16-17,20H,2-3,8-13H2,1H3/t16-,17?,19+. The third-order valence-corrected chi connectivity index (χ3v) is 5.58. The van der Waals surface area contributed by atoms with Crippen molar-refractivity contribution >= 4 is 5.78 Å². The summed E-state index contributed by atoms with van der Waals surface area (Å²) >= 11 is 0. The minimum Gasteiger partial charge on any atom is -0.393 e. The zero-order valence-electron chi connectivity index (χ0n) is 13.0. The molecule has 0 radical (unpaired) electrons. The molecule has 0 heterocycles. The highest BCUT2D eigenvalue weighted by Crippen LogP contribution is 2.51. The molecule has 0 amide bonds. The Morgan fingerprint density at radius 1 is 1.10 bits per heavy atom. The van der Waals surface area contributed by atoms with Gasteiger partial charge in [-0.05, 0) is 56.1 Å². The molecule has 0 aromatic heterocycles. The number of benzene rings is 1. The maximum absolute atomic E-state index is 12.9. The number of carbonyl (C=O) groups excluding carboxylic acids is 1. The second-order valence-electron chi connectivity index (χ2n) is 6.96. The van der Waals surface area contributed by atoms with Gasteiger partial charge in [0.25, 0.3) is 0 Å². The summed E-state index contributed by atoms with van der Waals surface area (Å²) in [6.07, 6.45) is 7.46. The molecule has 2 heteroatoms.